The molecule has 6 heteroatoms. The van der Waals surface area contributed by atoms with E-state index >= 15 is 0 Å². The molecule has 1 aromatic heterocycles. The first-order valence-corrected chi connectivity index (χ1v) is 8.19. The minimum atomic E-state index is -0.887. The number of thiazole rings is 1. The molecule has 0 saturated carbocycles. The second-order valence-electron chi connectivity index (χ2n) is 5.04. The molecule has 0 saturated heterocycles. The molecule has 3 rings (SSSR count). The summed E-state index contributed by atoms with van der Waals surface area (Å²) in [5.41, 5.74) is 1.01. The van der Waals surface area contributed by atoms with Gasteiger partial charge in [-0.3, -0.25) is 0 Å². The van der Waals surface area contributed by atoms with Crippen molar-refractivity contribution in [3.63, 3.8) is 0 Å². The van der Waals surface area contributed by atoms with Crippen LogP contribution in [0.1, 0.15) is 18.4 Å². The zero-order valence-corrected chi connectivity index (χ0v) is 13.4. The third-order valence-corrected chi connectivity index (χ3v) is 4.29. The summed E-state index contributed by atoms with van der Waals surface area (Å²) in [6.07, 6.45) is 0.967. The van der Waals surface area contributed by atoms with Gasteiger partial charge >= 0.3 is 0 Å². The predicted molar refractivity (Wildman–Crippen MR) is 89.1 cm³/mol. The van der Waals surface area contributed by atoms with Gasteiger partial charge in [0.1, 0.15) is 16.3 Å². The summed E-state index contributed by atoms with van der Waals surface area (Å²) in [4.78, 5) is 4.16. The largest absolute Gasteiger partial charge is 0.494 e. The Kier molecular flexibility index (Phi) is 4.71. The Bertz CT molecular complexity index is 802. The standard InChI is InChI=1S/C17H16F2N2OS/c1-2-9-22-12-5-3-11(4-6-12)20-10-15-21-17-14(23-15)8-7-13(18)16(17)19/h3-8,20H,2,9-10H2,1H3. The number of fused-ring (bicyclic) bond motifs is 1. The van der Waals surface area contributed by atoms with Crippen LogP contribution in [0.4, 0.5) is 14.5 Å². The Hall–Kier alpha value is -2.21. The first-order chi connectivity index (χ1) is 11.2. The van der Waals surface area contributed by atoms with E-state index < -0.39 is 11.6 Å². The van der Waals surface area contributed by atoms with Crippen molar-refractivity contribution in [1.82, 2.24) is 4.98 Å². The number of nitrogens with one attached hydrogen (secondary N) is 1. The fraction of sp³-hybridized carbons (Fsp3) is 0.235. The van der Waals surface area contributed by atoms with Gasteiger partial charge in [0.05, 0.1) is 17.9 Å². The summed E-state index contributed by atoms with van der Waals surface area (Å²) in [7, 11) is 0. The van der Waals surface area contributed by atoms with Gasteiger partial charge in [0.15, 0.2) is 11.6 Å². The monoisotopic (exact) mass is 334 g/mol. The molecular formula is C17H16F2N2OS. The van der Waals surface area contributed by atoms with Gasteiger partial charge in [-0.05, 0) is 42.8 Å². The van der Waals surface area contributed by atoms with Crippen molar-refractivity contribution in [3.8, 4) is 5.75 Å². The number of hydrogen-bond donors (Lipinski definition) is 1. The van der Waals surface area contributed by atoms with Crippen molar-refractivity contribution in [1.29, 1.82) is 0 Å². The fourth-order valence-electron chi connectivity index (χ4n) is 2.13. The first kappa shape index (κ1) is 15.7. The Balaban J connectivity index is 1.67. The highest BCUT2D eigenvalue weighted by Crippen LogP contribution is 2.26. The molecule has 23 heavy (non-hydrogen) atoms. The number of halogens is 2. The summed E-state index contributed by atoms with van der Waals surface area (Å²) in [5.74, 6) is -0.928. The van der Waals surface area contributed by atoms with Crippen LogP contribution in [0.2, 0.25) is 0 Å². The van der Waals surface area contributed by atoms with Crippen molar-refractivity contribution in [2.45, 2.75) is 19.9 Å². The minimum Gasteiger partial charge on any atom is -0.494 e. The predicted octanol–water partition coefficient (Wildman–Crippen LogP) is 4.98. The van der Waals surface area contributed by atoms with Gasteiger partial charge in [-0.1, -0.05) is 6.92 Å². The van der Waals surface area contributed by atoms with Gasteiger partial charge in [-0.2, -0.15) is 0 Å². The third-order valence-electron chi connectivity index (χ3n) is 3.27. The minimum absolute atomic E-state index is 0.0927. The number of nitrogens with zero attached hydrogens (tertiary/aromatic N) is 1. The summed E-state index contributed by atoms with van der Waals surface area (Å²) >= 11 is 1.35. The lowest BCUT2D eigenvalue weighted by Crippen LogP contribution is -1.99. The molecule has 0 spiro atoms. The average Bonchev–Trinajstić information content (AvgIpc) is 2.99. The van der Waals surface area contributed by atoms with Gasteiger partial charge in [0, 0.05) is 5.69 Å². The highest BCUT2D eigenvalue weighted by molar-refractivity contribution is 7.18. The van der Waals surface area contributed by atoms with Crippen molar-refractivity contribution in [2.75, 3.05) is 11.9 Å². The van der Waals surface area contributed by atoms with Crippen LogP contribution in [0, 0.1) is 11.6 Å². The molecule has 120 valence electrons. The molecule has 3 aromatic rings. The van der Waals surface area contributed by atoms with E-state index in [4.69, 9.17) is 4.74 Å². The molecule has 0 aliphatic carbocycles. The van der Waals surface area contributed by atoms with Gasteiger partial charge in [-0.25, -0.2) is 13.8 Å². The molecule has 0 fully saturated rings. The first-order valence-electron chi connectivity index (χ1n) is 7.37. The number of aromatic nitrogens is 1. The molecule has 0 amide bonds. The second-order valence-corrected chi connectivity index (χ2v) is 6.16. The van der Waals surface area contributed by atoms with E-state index in [-0.39, 0.29) is 5.52 Å². The van der Waals surface area contributed by atoms with Crippen LogP contribution in [0.5, 0.6) is 5.75 Å². The quantitative estimate of drug-likeness (QED) is 0.691. The Morgan fingerprint density at radius 1 is 1.13 bits per heavy atom. The molecule has 0 aliphatic rings. The van der Waals surface area contributed by atoms with E-state index in [9.17, 15) is 8.78 Å². The lowest BCUT2D eigenvalue weighted by molar-refractivity contribution is 0.317. The van der Waals surface area contributed by atoms with Crippen LogP contribution in [0.25, 0.3) is 10.2 Å². The number of benzene rings is 2. The van der Waals surface area contributed by atoms with E-state index in [0.717, 1.165) is 23.9 Å². The lowest BCUT2D eigenvalue weighted by atomic mass is 10.3. The van der Waals surface area contributed by atoms with Crippen LogP contribution >= 0.6 is 11.3 Å². The van der Waals surface area contributed by atoms with Crippen molar-refractivity contribution >= 4 is 27.2 Å². The highest BCUT2D eigenvalue weighted by Gasteiger charge is 2.12. The Labute approximate surface area is 136 Å². The molecule has 0 radical (unpaired) electrons. The van der Waals surface area contributed by atoms with Gasteiger partial charge in [0.25, 0.3) is 0 Å². The molecule has 0 unspecified atom stereocenters. The number of hydrogen-bond acceptors (Lipinski definition) is 4. The zero-order valence-electron chi connectivity index (χ0n) is 12.6. The second kappa shape index (κ2) is 6.91. The summed E-state index contributed by atoms with van der Waals surface area (Å²) in [5, 5.41) is 3.92. The van der Waals surface area contributed by atoms with E-state index in [1.807, 2.05) is 24.3 Å². The maximum absolute atomic E-state index is 13.7. The molecule has 0 aliphatic heterocycles. The Morgan fingerprint density at radius 2 is 1.91 bits per heavy atom. The number of ether oxygens (including phenoxy) is 1. The summed E-state index contributed by atoms with van der Waals surface area (Å²) in [6.45, 7) is 3.21. The van der Waals surface area contributed by atoms with Gasteiger partial charge < -0.3 is 10.1 Å². The lowest BCUT2D eigenvalue weighted by Gasteiger charge is -2.07. The fourth-order valence-corrected chi connectivity index (χ4v) is 3.03. The van der Waals surface area contributed by atoms with Crippen molar-refractivity contribution < 1.29 is 13.5 Å². The van der Waals surface area contributed by atoms with E-state index in [1.54, 1.807) is 6.07 Å². The van der Waals surface area contributed by atoms with Crippen LogP contribution in [-0.2, 0) is 6.54 Å². The molecule has 1 N–H and O–H groups in total. The van der Waals surface area contributed by atoms with Crippen LogP contribution in [0.3, 0.4) is 0 Å². The van der Waals surface area contributed by atoms with Crippen molar-refractivity contribution in [3.05, 3.63) is 53.0 Å². The molecule has 2 aromatic carbocycles. The van der Waals surface area contributed by atoms with E-state index in [0.29, 0.717) is 22.9 Å². The van der Waals surface area contributed by atoms with Gasteiger partial charge in [-0.15, -0.1) is 11.3 Å². The molecule has 0 bridgehead atoms. The zero-order chi connectivity index (χ0) is 16.2. The van der Waals surface area contributed by atoms with Crippen LogP contribution < -0.4 is 10.1 Å². The highest BCUT2D eigenvalue weighted by atomic mass is 32.1. The molecule has 3 nitrogen and oxygen atoms in total. The SMILES string of the molecule is CCCOc1ccc(NCc2nc3c(F)c(F)ccc3s2)cc1. The third kappa shape index (κ3) is 3.59. The Morgan fingerprint density at radius 3 is 2.65 bits per heavy atom. The number of anilines is 1. The van der Waals surface area contributed by atoms with Crippen LogP contribution in [-0.4, -0.2) is 11.6 Å². The summed E-state index contributed by atoms with van der Waals surface area (Å²) < 4.78 is 33.0. The van der Waals surface area contributed by atoms with E-state index in [2.05, 4.69) is 17.2 Å². The average molecular weight is 334 g/mol. The molecule has 0 atom stereocenters. The van der Waals surface area contributed by atoms with Crippen LogP contribution in [0.15, 0.2) is 36.4 Å². The van der Waals surface area contributed by atoms with Gasteiger partial charge in [0.2, 0.25) is 0 Å². The number of rotatable bonds is 6. The van der Waals surface area contributed by atoms with Crippen molar-refractivity contribution in [2.24, 2.45) is 0 Å². The summed E-state index contributed by atoms with van der Waals surface area (Å²) in [6, 6.07) is 10.3. The molecular weight excluding hydrogens is 318 g/mol. The normalized spacial score (nSPS) is 10.9. The maximum atomic E-state index is 13.7. The molecule has 1 heterocycles. The smallest absolute Gasteiger partial charge is 0.185 e. The topological polar surface area (TPSA) is 34.1 Å². The van der Waals surface area contributed by atoms with E-state index in [1.165, 1.54) is 11.3 Å². The maximum Gasteiger partial charge on any atom is 0.185 e.